The molecule has 0 bridgehead atoms. The maximum absolute atomic E-state index is 12.1. The lowest BCUT2D eigenvalue weighted by molar-refractivity contribution is -0.120. The Morgan fingerprint density at radius 3 is 2.44 bits per heavy atom. The average molecular weight is 434 g/mol. The monoisotopic (exact) mass is 433 g/mol. The number of nitrogens with one attached hydrogen (secondary N) is 2. The number of hydrogen-bond acceptors (Lipinski definition) is 4. The number of carbonyl (C=O) groups excluding carboxylic acids is 2. The third kappa shape index (κ3) is 5.94. The van der Waals surface area contributed by atoms with Gasteiger partial charge < -0.3 is 15.1 Å². The molecular formula is C20H24BrN3O3. The molecule has 27 heavy (non-hydrogen) atoms. The van der Waals surface area contributed by atoms with Crippen molar-refractivity contribution in [3.8, 4) is 0 Å². The van der Waals surface area contributed by atoms with Gasteiger partial charge in [-0.2, -0.15) is 0 Å². The van der Waals surface area contributed by atoms with E-state index in [-0.39, 0.29) is 18.2 Å². The van der Waals surface area contributed by atoms with Crippen LogP contribution in [-0.4, -0.2) is 36.3 Å². The molecule has 1 saturated heterocycles. The predicted molar refractivity (Wildman–Crippen MR) is 106 cm³/mol. The summed E-state index contributed by atoms with van der Waals surface area (Å²) in [5.74, 6) is -0.482. The molecule has 2 amide bonds. The molecule has 0 saturated carbocycles. The molecule has 2 heterocycles. The molecule has 1 fully saturated rings. The quantitative estimate of drug-likeness (QED) is 0.703. The Morgan fingerprint density at radius 2 is 1.74 bits per heavy atom. The summed E-state index contributed by atoms with van der Waals surface area (Å²) in [6.45, 7) is 3.54. The molecule has 144 valence electrons. The average Bonchev–Trinajstić information content (AvgIpc) is 3.13. The Labute approximate surface area is 167 Å². The van der Waals surface area contributed by atoms with Gasteiger partial charge >= 0.3 is 0 Å². The number of rotatable bonds is 7. The number of benzene rings is 1. The number of carbonyl (C=O) groups is 2. The summed E-state index contributed by atoms with van der Waals surface area (Å²) in [7, 11) is 0. The molecule has 2 N–H and O–H groups in total. The van der Waals surface area contributed by atoms with Gasteiger partial charge in [0.2, 0.25) is 5.91 Å². The lowest BCUT2D eigenvalue weighted by Gasteiger charge is -2.27. The number of amides is 2. The third-order valence-corrected chi connectivity index (χ3v) is 5.07. The minimum atomic E-state index is -0.415. The zero-order valence-electron chi connectivity index (χ0n) is 15.2. The van der Waals surface area contributed by atoms with Crippen LogP contribution in [0.1, 0.15) is 40.9 Å². The molecule has 1 aliphatic heterocycles. The van der Waals surface area contributed by atoms with E-state index in [2.05, 4.69) is 37.5 Å². The molecule has 0 atom stereocenters. The van der Waals surface area contributed by atoms with Crippen molar-refractivity contribution in [2.24, 2.45) is 0 Å². The van der Waals surface area contributed by atoms with E-state index in [1.54, 1.807) is 12.1 Å². The predicted octanol–water partition coefficient (Wildman–Crippen LogP) is 3.07. The number of furan rings is 1. The van der Waals surface area contributed by atoms with Gasteiger partial charge in [-0.05, 0) is 65.1 Å². The van der Waals surface area contributed by atoms with Gasteiger partial charge in [-0.1, -0.05) is 30.7 Å². The minimum Gasteiger partial charge on any atom is -0.444 e. The molecule has 6 nitrogen and oxygen atoms in total. The number of halogens is 1. The lowest BCUT2D eigenvalue weighted by atomic mass is 10.0. The van der Waals surface area contributed by atoms with Crippen LogP contribution >= 0.6 is 15.9 Å². The van der Waals surface area contributed by atoms with Crippen LogP contribution in [0, 0.1) is 0 Å². The van der Waals surface area contributed by atoms with Gasteiger partial charge in [0.25, 0.3) is 5.91 Å². The van der Waals surface area contributed by atoms with Gasteiger partial charge in [-0.3, -0.25) is 14.5 Å². The summed E-state index contributed by atoms with van der Waals surface area (Å²) in [4.78, 5) is 26.4. The molecule has 7 heteroatoms. The highest BCUT2D eigenvalue weighted by Gasteiger charge is 2.14. The van der Waals surface area contributed by atoms with Crippen molar-refractivity contribution >= 4 is 27.7 Å². The third-order valence-electron chi connectivity index (χ3n) is 4.64. The van der Waals surface area contributed by atoms with E-state index in [0.717, 1.165) is 25.2 Å². The van der Waals surface area contributed by atoms with E-state index in [9.17, 15) is 9.59 Å². The Balaban J connectivity index is 1.47. The first-order valence-corrected chi connectivity index (χ1v) is 10.0. The second-order valence-electron chi connectivity index (χ2n) is 6.67. The van der Waals surface area contributed by atoms with Crippen molar-refractivity contribution in [3.05, 3.63) is 58.0 Å². The summed E-state index contributed by atoms with van der Waals surface area (Å²) in [6, 6.07) is 11.4. The summed E-state index contributed by atoms with van der Waals surface area (Å²) < 4.78 is 5.64. The van der Waals surface area contributed by atoms with Crippen LogP contribution in [0.5, 0.6) is 0 Å². The van der Waals surface area contributed by atoms with Gasteiger partial charge in [0.15, 0.2) is 10.4 Å². The second-order valence-corrected chi connectivity index (χ2v) is 7.45. The van der Waals surface area contributed by atoms with Crippen molar-refractivity contribution < 1.29 is 14.0 Å². The fourth-order valence-electron chi connectivity index (χ4n) is 3.18. The smallest absolute Gasteiger partial charge is 0.287 e. The Bertz CT molecular complexity index is 784. The maximum atomic E-state index is 12.1. The SMILES string of the molecule is O=C(CNC(=O)c1ccc(Br)o1)NCc1ccccc1CN1CCCCC1. The van der Waals surface area contributed by atoms with Gasteiger partial charge in [0.1, 0.15) is 0 Å². The minimum absolute atomic E-state index is 0.0918. The van der Waals surface area contributed by atoms with Crippen molar-refractivity contribution in [2.45, 2.75) is 32.4 Å². The number of nitrogens with zero attached hydrogens (tertiary/aromatic N) is 1. The summed E-state index contributed by atoms with van der Waals surface area (Å²) in [5, 5.41) is 5.43. The number of hydrogen-bond donors (Lipinski definition) is 2. The van der Waals surface area contributed by atoms with E-state index < -0.39 is 5.91 Å². The van der Waals surface area contributed by atoms with Gasteiger partial charge in [0, 0.05) is 13.1 Å². The number of piperidine rings is 1. The highest BCUT2D eigenvalue weighted by molar-refractivity contribution is 9.10. The molecule has 3 rings (SSSR count). The molecule has 0 unspecified atom stereocenters. The van der Waals surface area contributed by atoms with Crippen molar-refractivity contribution in [1.82, 2.24) is 15.5 Å². The first-order chi connectivity index (χ1) is 13.1. The topological polar surface area (TPSA) is 74.6 Å². The molecule has 1 aromatic carbocycles. The van der Waals surface area contributed by atoms with Crippen LogP contribution in [0.15, 0.2) is 45.5 Å². The van der Waals surface area contributed by atoms with Crippen molar-refractivity contribution in [3.63, 3.8) is 0 Å². The molecule has 1 aromatic heterocycles. The molecule has 1 aliphatic rings. The zero-order valence-corrected chi connectivity index (χ0v) is 16.8. The van der Waals surface area contributed by atoms with Gasteiger partial charge in [-0.15, -0.1) is 0 Å². The Kier molecular flexibility index (Phi) is 7.06. The summed E-state index contributed by atoms with van der Waals surface area (Å²) in [6.07, 6.45) is 3.82. The van der Waals surface area contributed by atoms with E-state index >= 15 is 0 Å². The fraction of sp³-hybridized carbons (Fsp3) is 0.400. The van der Waals surface area contributed by atoms with Gasteiger partial charge in [-0.25, -0.2) is 0 Å². The zero-order chi connectivity index (χ0) is 19.1. The first-order valence-electron chi connectivity index (χ1n) is 9.21. The second kappa shape index (κ2) is 9.71. The molecule has 0 aliphatic carbocycles. The summed E-state index contributed by atoms with van der Waals surface area (Å²) in [5.41, 5.74) is 2.35. The van der Waals surface area contributed by atoms with E-state index in [1.807, 2.05) is 18.2 Å². The molecule has 0 spiro atoms. The van der Waals surface area contributed by atoms with Crippen molar-refractivity contribution in [2.75, 3.05) is 19.6 Å². The molecular weight excluding hydrogens is 410 g/mol. The van der Waals surface area contributed by atoms with Crippen LogP contribution in [0.4, 0.5) is 0 Å². The molecule has 0 radical (unpaired) electrons. The largest absolute Gasteiger partial charge is 0.444 e. The number of likely N-dealkylation sites (tertiary alicyclic amines) is 1. The van der Waals surface area contributed by atoms with Crippen LogP contribution in [0.3, 0.4) is 0 Å². The normalized spacial score (nSPS) is 14.7. The van der Waals surface area contributed by atoms with E-state index in [0.29, 0.717) is 11.2 Å². The van der Waals surface area contributed by atoms with E-state index in [4.69, 9.17) is 4.42 Å². The highest BCUT2D eigenvalue weighted by atomic mass is 79.9. The molecule has 2 aromatic rings. The van der Waals surface area contributed by atoms with Crippen LogP contribution in [-0.2, 0) is 17.9 Å². The first kappa shape index (κ1) is 19.6. The standard InChI is InChI=1S/C20H24BrN3O3/c21-18-9-8-17(27-18)20(26)23-13-19(25)22-12-15-6-2-3-7-16(15)14-24-10-4-1-5-11-24/h2-3,6-9H,1,4-5,10-14H2,(H,22,25)(H,23,26). The van der Waals surface area contributed by atoms with E-state index in [1.165, 1.54) is 24.8 Å². The Morgan fingerprint density at radius 1 is 1.00 bits per heavy atom. The highest BCUT2D eigenvalue weighted by Crippen LogP contribution is 2.16. The Hall–Kier alpha value is -2.12. The fourth-order valence-corrected chi connectivity index (χ4v) is 3.49. The van der Waals surface area contributed by atoms with Crippen LogP contribution in [0.2, 0.25) is 0 Å². The van der Waals surface area contributed by atoms with Gasteiger partial charge in [0.05, 0.1) is 6.54 Å². The van der Waals surface area contributed by atoms with Crippen molar-refractivity contribution in [1.29, 1.82) is 0 Å². The summed E-state index contributed by atoms with van der Waals surface area (Å²) >= 11 is 3.14. The van der Waals surface area contributed by atoms with Crippen LogP contribution < -0.4 is 10.6 Å². The lowest BCUT2D eigenvalue weighted by Crippen LogP contribution is -2.36. The maximum Gasteiger partial charge on any atom is 0.287 e. The van der Waals surface area contributed by atoms with Crippen LogP contribution in [0.25, 0.3) is 0 Å².